The minimum Gasteiger partial charge on any atom is -0.487 e. The van der Waals surface area contributed by atoms with Crippen LogP contribution in [-0.4, -0.2) is 56.5 Å². The average molecular weight is 1030 g/mol. The highest BCUT2D eigenvalue weighted by Crippen LogP contribution is 2.67. The molecule has 2 saturated heterocycles. The van der Waals surface area contributed by atoms with E-state index in [2.05, 4.69) is 191 Å². The Hall–Kier alpha value is -3.42. The van der Waals surface area contributed by atoms with Gasteiger partial charge in [-0.05, 0) is 154 Å². The van der Waals surface area contributed by atoms with Crippen LogP contribution in [0.15, 0.2) is 95.2 Å². The van der Waals surface area contributed by atoms with Crippen LogP contribution in [-0.2, 0) is 22.3 Å². The maximum atomic E-state index is 10.7. The van der Waals surface area contributed by atoms with Crippen molar-refractivity contribution in [2.24, 2.45) is 34.5 Å². The number of aliphatic hydroxyl groups excluding tert-OH is 2. The molecule has 2 unspecified atom stereocenters. The molecule has 1 aromatic carbocycles. The van der Waals surface area contributed by atoms with Crippen molar-refractivity contribution in [3.8, 4) is 11.5 Å². The van der Waals surface area contributed by atoms with Gasteiger partial charge in [-0.15, -0.1) is 0 Å². The number of ether oxygens (including phenoxy) is 4. The molecule has 6 nitrogen and oxygen atoms in total. The van der Waals surface area contributed by atoms with Gasteiger partial charge in [-0.3, -0.25) is 0 Å². The summed E-state index contributed by atoms with van der Waals surface area (Å²) in [6.07, 6.45) is 43.2. The number of rotatable bonds is 22. The Labute approximate surface area is 457 Å². The van der Waals surface area contributed by atoms with Crippen LogP contribution >= 0.6 is 0 Å². The van der Waals surface area contributed by atoms with Gasteiger partial charge < -0.3 is 29.2 Å². The Balaban J connectivity index is 1.05. The van der Waals surface area contributed by atoms with Gasteiger partial charge in [0.15, 0.2) is 0 Å². The van der Waals surface area contributed by atoms with Gasteiger partial charge in [-0.25, -0.2) is 0 Å². The van der Waals surface area contributed by atoms with E-state index in [1.807, 2.05) is 0 Å². The first-order valence-electron chi connectivity index (χ1n) is 29.8. The molecule has 0 aromatic heterocycles. The Morgan fingerprint density at radius 3 is 1.68 bits per heavy atom. The van der Waals surface area contributed by atoms with E-state index in [0.717, 1.165) is 78.9 Å². The molecule has 0 radical (unpaired) electrons. The molecule has 1 aromatic rings. The molecular formula is C69H104O6. The summed E-state index contributed by atoms with van der Waals surface area (Å²) < 4.78 is 27.4. The number of benzene rings is 1. The third-order valence-corrected chi connectivity index (χ3v) is 19.4. The Bertz CT molecular complexity index is 2450. The van der Waals surface area contributed by atoms with E-state index >= 15 is 0 Å². The van der Waals surface area contributed by atoms with E-state index in [-0.39, 0.29) is 63.1 Å². The second-order valence-electron chi connectivity index (χ2n) is 27.8. The summed E-state index contributed by atoms with van der Waals surface area (Å²) in [5.41, 5.74) is 7.96. The summed E-state index contributed by atoms with van der Waals surface area (Å²) in [5.74, 6) is 4.67. The van der Waals surface area contributed by atoms with Gasteiger partial charge in [0.1, 0.15) is 45.6 Å². The zero-order chi connectivity index (χ0) is 54.9. The van der Waals surface area contributed by atoms with E-state index < -0.39 is 0 Å². The van der Waals surface area contributed by atoms with Crippen LogP contribution < -0.4 is 9.47 Å². The first kappa shape index (κ1) is 59.2. The van der Waals surface area contributed by atoms with Crippen molar-refractivity contribution in [3.05, 3.63) is 117 Å². The number of aliphatic hydroxyl groups is 2. The van der Waals surface area contributed by atoms with Gasteiger partial charge in [0.05, 0.1) is 12.2 Å². The van der Waals surface area contributed by atoms with Gasteiger partial charge >= 0.3 is 0 Å². The number of hydrogen-bond acceptors (Lipinski definition) is 6. The highest BCUT2D eigenvalue weighted by Gasteiger charge is 2.75. The zero-order valence-corrected chi connectivity index (χ0v) is 50.3. The van der Waals surface area contributed by atoms with E-state index in [9.17, 15) is 10.2 Å². The van der Waals surface area contributed by atoms with E-state index in [1.54, 1.807) is 0 Å². The summed E-state index contributed by atoms with van der Waals surface area (Å²) >= 11 is 0. The largest absolute Gasteiger partial charge is 0.487 e. The van der Waals surface area contributed by atoms with Gasteiger partial charge in [-0.1, -0.05) is 178 Å². The third-order valence-electron chi connectivity index (χ3n) is 19.4. The molecule has 7 rings (SSSR count). The standard InChI is InChI=1S/C69H104O6/c1-46(2)24-20-26-48(4)28-21-29-49(5)31-23-36-65(15)37-35-58-59-41-55(40-51(7)34-39-69-64(13,14)43-57(71)45-67(69,17)75-69)60(72-61(59)53(9)54(10)62(58)73-65)52(8)32-19-18-25-47(3)27-22-30-50(6)33-38-68-63(11,12)42-56(70)44-66(68,16)74-68/h18-19,22,25,27,30,32-34,38-40,46,48-49,55-57,60,70-71H,20-21,23-24,26,28-29,31,35-37,41-45H2,1-17H3/b19-18+,27-22+,38-33+,39-34+,47-25+,50-30+,51-40-,52-32+/t48?,49?,55-,56+,57+,60+,65-,66-,67-,68+,69+/m1/s1. The van der Waals surface area contributed by atoms with Crippen LogP contribution in [0.1, 0.15) is 216 Å². The van der Waals surface area contributed by atoms with Crippen LogP contribution in [0.5, 0.6) is 11.5 Å². The first-order valence-corrected chi connectivity index (χ1v) is 29.8. The lowest BCUT2D eigenvalue weighted by molar-refractivity contribution is 0.0501. The second-order valence-corrected chi connectivity index (χ2v) is 27.8. The molecule has 6 aliphatic rings. The Morgan fingerprint density at radius 1 is 0.600 bits per heavy atom. The van der Waals surface area contributed by atoms with Crippen LogP contribution in [0.25, 0.3) is 0 Å². The topological polar surface area (TPSA) is 84.0 Å². The van der Waals surface area contributed by atoms with Gasteiger partial charge in [-0.2, -0.15) is 0 Å². The molecule has 2 aliphatic carbocycles. The molecule has 0 bridgehead atoms. The minimum atomic E-state index is -0.385. The fourth-order valence-electron chi connectivity index (χ4n) is 14.7. The first-order chi connectivity index (χ1) is 35.1. The van der Waals surface area contributed by atoms with Gasteiger partial charge in [0.25, 0.3) is 0 Å². The Kier molecular flexibility index (Phi) is 18.3. The minimum absolute atomic E-state index is 0.112. The molecule has 4 heterocycles. The van der Waals surface area contributed by atoms with Crippen LogP contribution in [0.3, 0.4) is 0 Å². The van der Waals surface area contributed by atoms with Crippen molar-refractivity contribution < 1.29 is 29.2 Å². The summed E-state index contributed by atoms with van der Waals surface area (Å²) in [4.78, 5) is 0. The van der Waals surface area contributed by atoms with E-state index in [0.29, 0.717) is 12.8 Å². The maximum absolute atomic E-state index is 10.7. The SMILES string of the molecule is CC(=C/[C@@H]1Cc2c3c(c(C)c(C)c2O[C@H]1/C(C)=C/C=C/C=C(C)/C=C/C=C(C)/C=C/[C@@]12O[C@]1(C)C[C@@H](O)CC2(C)C)O[C@](C)(CCCC(C)CCCC(C)CCCC(C)C)CC3)/C=C/[C@@]12O[C@]1(C)C[C@@H](O)CC2(C)C. The number of allylic oxidation sites excluding steroid dienone is 12. The molecule has 6 heteroatoms. The highest BCUT2D eigenvalue weighted by molar-refractivity contribution is 5.61. The molecule has 2 saturated carbocycles. The van der Waals surface area contributed by atoms with Crippen molar-refractivity contribution in [2.45, 2.75) is 267 Å². The lowest BCUT2D eigenvalue weighted by Crippen LogP contribution is -2.46. The smallest absolute Gasteiger partial charge is 0.127 e. The fourth-order valence-corrected chi connectivity index (χ4v) is 14.7. The average Bonchev–Trinajstić information content (AvgIpc) is 4.16. The van der Waals surface area contributed by atoms with Gasteiger partial charge in [0, 0.05) is 40.7 Å². The molecule has 2 N–H and O–H groups in total. The second kappa shape index (κ2) is 23.1. The molecular weight excluding hydrogens is 925 g/mol. The lowest BCUT2D eigenvalue weighted by Gasteiger charge is -2.41. The zero-order valence-electron chi connectivity index (χ0n) is 50.3. The highest BCUT2D eigenvalue weighted by atomic mass is 16.6. The monoisotopic (exact) mass is 1030 g/mol. The molecule has 4 aliphatic heterocycles. The molecule has 0 amide bonds. The van der Waals surface area contributed by atoms with Crippen LogP contribution in [0.4, 0.5) is 0 Å². The summed E-state index contributed by atoms with van der Waals surface area (Å²) in [6, 6.07) is 0. The predicted molar refractivity (Wildman–Crippen MR) is 314 cm³/mol. The summed E-state index contributed by atoms with van der Waals surface area (Å²) in [7, 11) is 0. The van der Waals surface area contributed by atoms with E-state index in [1.165, 1.54) is 84.8 Å². The number of fused-ring (bicyclic) bond motifs is 5. The third kappa shape index (κ3) is 13.0. The quantitative estimate of drug-likeness (QED) is 0.0889. The Morgan fingerprint density at radius 2 is 1.11 bits per heavy atom. The lowest BCUT2D eigenvalue weighted by atomic mass is 9.63. The molecule has 11 atom stereocenters. The summed E-state index contributed by atoms with van der Waals surface area (Å²) in [6.45, 7) is 38.3. The molecule has 75 heavy (non-hydrogen) atoms. The van der Waals surface area contributed by atoms with Crippen LogP contribution in [0.2, 0.25) is 0 Å². The molecule has 416 valence electrons. The van der Waals surface area contributed by atoms with Crippen molar-refractivity contribution >= 4 is 0 Å². The fraction of sp³-hybridized carbons (Fsp3) is 0.681. The number of hydrogen-bond donors (Lipinski definition) is 2. The van der Waals surface area contributed by atoms with Crippen molar-refractivity contribution in [1.29, 1.82) is 0 Å². The van der Waals surface area contributed by atoms with E-state index in [4.69, 9.17) is 18.9 Å². The van der Waals surface area contributed by atoms with Crippen LogP contribution in [0, 0.1) is 48.3 Å². The van der Waals surface area contributed by atoms with Gasteiger partial charge in [0.2, 0.25) is 0 Å². The van der Waals surface area contributed by atoms with Crippen molar-refractivity contribution in [1.82, 2.24) is 0 Å². The van der Waals surface area contributed by atoms with Crippen molar-refractivity contribution in [2.75, 3.05) is 0 Å². The molecule has 0 spiro atoms. The van der Waals surface area contributed by atoms with Crippen molar-refractivity contribution in [3.63, 3.8) is 0 Å². The number of epoxide rings is 2. The maximum Gasteiger partial charge on any atom is 0.127 e. The predicted octanol–water partition coefficient (Wildman–Crippen LogP) is 17.2. The molecule has 4 fully saturated rings. The summed E-state index contributed by atoms with van der Waals surface area (Å²) in [5, 5.41) is 21.2. The normalized spacial score (nSPS) is 34.3.